The fraction of sp³-hybridized carbons (Fsp3) is 0.190. The van der Waals surface area contributed by atoms with E-state index in [2.05, 4.69) is 10.1 Å². The molecule has 2 aromatic heterocycles. The fourth-order valence-electron chi connectivity index (χ4n) is 3.15. The summed E-state index contributed by atoms with van der Waals surface area (Å²) in [5, 5.41) is 4.65. The number of carbonyl (C=O) groups excluding carboxylic acids is 1. The number of halogens is 2. The van der Waals surface area contributed by atoms with E-state index in [0.29, 0.717) is 22.1 Å². The van der Waals surface area contributed by atoms with Crippen LogP contribution in [-0.4, -0.2) is 20.7 Å². The van der Waals surface area contributed by atoms with E-state index in [1.807, 2.05) is 44.2 Å². The normalized spacial score (nSPS) is 11.2. The minimum absolute atomic E-state index is 0.0532. The predicted molar refractivity (Wildman–Crippen MR) is 109 cm³/mol. The second-order valence-corrected chi connectivity index (χ2v) is 7.60. The first kappa shape index (κ1) is 19.2. The lowest BCUT2D eigenvalue weighted by atomic mass is 10.2. The molecule has 5 nitrogen and oxygen atoms in total. The molecule has 0 aliphatic heterocycles. The van der Waals surface area contributed by atoms with Crippen molar-refractivity contribution in [3.8, 4) is 0 Å². The summed E-state index contributed by atoms with van der Waals surface area (Å²) in [4.78, 5) is 19.2. The van der Waals surface area contributed by atoms with Gasteiger partial charge in [0, 0.05) is 12.6 Å². The number of rotatable bonds is 5. The number of fused-ring (bicyclic) bond motifs is 1. The summed E-state index contributed by atoms with van der Waals surface area (Å²) in [5.74, 6) is -1.72. The first-order valence-electron chi connectivity index (χ1n) is 9.12. The Balaban J connectivity index is 1.82. The molecule has 0 aliphatic carbocycles. The van der Waals surface area contributed by atoms with Crippen molar-refractivity contribution in [1.82, 2.24) is 14.8 Å². The molecule has 1 amide bonds. The quantitative estimate of drug-likeness (QED) is 0.466. The van der Waals surface area contributed by atoms with Crippen LogP contribution in [0.2, 0.25) is 0 Å². The Labute approximate surface area is 170 Å². The highest BCUT2D eigenvalue weighted by Gasteiger charge is 2.25. The summed E-state index contributed by atoms with van der Waals surface area (Å²) in [7, 11) is 0. The standard InChI is InChI=1S/C21H18F2N4OS/c1-3-27-17(9-13(2)25-27)20(28)26(12-14-7-5-4-6-8-14)21-24-19-16(23)10-15(22)11-18(19)29-21/h4-11H,3,12H2,1-2H3. The predicted octanol–water partition coefficient (Wildman–Crippen LogP) is 4.95. The van der Waals surface area contributed by atoms with Gasteiger partial charge in [0.2, 0.25) is 0 Å². The number of hydrogen-bond donors (Lipinski definition) is 0. The van der Waals surface area contributed by atoms with Crippen LogP contribution < -0.4 is 4.90 Å². The number of carbonyl (C=O) groups is 1. The average Bonchev–Trinajstić information content (AvgIpc) is 3.29. The number of nitrogens with zero attached hydrogens (tertiary/aromatic N) is 4. The topological polar surface area (TPSA) is 51.0 Å². The SMILES string of the molecule is CCn1nc(C)cc1C(=O)N(Cc1ccccc1)c1nc2c(F)cc(F)cc2s1. The molecular weight excluding hydrogens is 394 g/mol. The Morgan fingerprint density at radius 1 is 1.17 bits per heavy atom. The van der Waals surface area contributed by atoms with Crippen molar-refractivity contribution in [2.45, 2.75) is 26.9 Å². The molecule has 0 aliphatic rings. The van der Waals surface area contributed by atoms with Crippen molar-refractivity contribution in [3.05, 3.63) is 77.1 Å². The molecule has 0 bridgehead atoms. The number of amides is 1. The minimum Gasteiger partial charge on any atom is -0.278 e. The molecule has 0 fully saturated rings. The van der Waals surface area contributed by atoms with E-state index in [4.69, 9.17) is 0 Å². The number of benzene rings is 2. The van der Waals surface area contributed by atoms with Crippen molar-refractivity contribution < 1.29 is 13.6 Å². The van der Waals surface area contributed by atoms with Gasteiger partial charge in [-0.2, -0.15) is 5.10 Å². The second kappa shape index (κ2) is 7.71. The Hall–Kier alpha value is -3.13. The zero-order valence-corrected chi connectivity index (χ0v) is 16.7. The first-order chi connectivity index (χ1) is 14.0. The third-order valence-corrected chi connectivity index (χ3v) is 5.51. The van der Waals surface area contributed by atoms with Gasteiger partial charge in [-0.05, 0) is 31.5 Å². The van der Waals surface area contributed by atoms with Gasteiger partial charge in [0.05, 0.1) is 16.9 Å². The molecule has 2 heterocycles. The molecule has 2 aromatic carbocycles. The smallest absolute Gasteiger partial charge is 0.278 e. The van der Waals surface area contributed by atoms with Crippen LogP contribution in [0.1, 0.15) is 28.7 Å². The molecule has 0 spiro atoms. The number of anilines is 1. The largest absolute Gasteiger partial charge is 0.278 e. The summed E-state index contributed by atoms with van der Waals surface area (Å²) < 4.78 is 29.8. The van der Waals surface area contributed by atoms with Crippen molar-refractivity contribution in [1.29, 1.82) is 0 Å². The van der Waals surface area contributed by atoms with Crippen LogP contribution in [0.25, 0.3) is 10.2 Å². The average molecular weight is 412 g/mol. The zero-order chi connectivity index (χ0) is 20.5. The van der Waals surface area contributed by atoms with Gasteiger partial charge in [-0.15, -0.1) is 0 Å². The van der Waals surface area contributed by atoms with Crippen LogP contribution >= 0.6 is 11.3 Å². The highest BCUT2D eigenvalue weighted by Crippen LogP contribution is 2.33. The van der Waals surface area contributed by atoms with Gasteiger partial charge in [0.25, 0.3) is 5.91 Å². The third-order valence-electron chi connectivity index (χ3n) is 4.48. The highest BCUT2D eigenvalue weighted by atomic mass is 32.1. The van der Waals surface area contributed by atoms with Crippen molar-refractivity contribution in [3.63, 3.8) is 0 Å². The van der Waals surface area contributed by atoms with E-state index >= 15 is 0 Å². The summed E-state index contributed by atoms with van der Waals surface area (Å²) in [6.45, 7) is 4.51. The Morgan fingerprint density at radius 3 is 2.66 bits per heavy atom. The molecule has 0 saturated heterocycles. The maximum absolute atomic E-state index is 14.2. The lowest BCUT2D eigenvalue weighted by Crippen LogP contribution is -2.32. The van der Waals surface area contributed by atoms with Crippen molar-refractivity contribution >= 4 is 32.6 Å². The van der Waals surface area contributed by atoms with Gasteiger partial charge in [0.1, 0.15) is 17.0 Å². The van der Waals surface area contributed by atoms with Gasteiger partial charge in [0.15, 0.2) is 10.9 Å². The van der Waals surface area contributed by atoms with Crippen LogP contribution in [0.5, 0.6) is 0 Å². The van der Waals surface area contributed by atoms with Crippen molar-refractivity contribution in [2.24, 2.45) is 0 Å². The highest BCUT2D eigenvalue weighted by molar-refractivity contribution is 7.22. The van der Waals surface area contributed by atoms with E-state index in [9.17, 15) is 13.6 Å². The number of aryl methyl sites for hydroxylation is 2. The van der Waals surface area contributed by atoms with E-state index < -0.39 is 11.6 Å². The molecule has 0 saturated carbocycles. The fourth-order valence-corrected chi connectivity index (χ4v) is 4.15. The monoisotopic (exact) mass is 412 g/mol. The molecule has 4 aromatic rings. The van der Waals surface area contributed by atoms with Crippen LogP contribution in [0.3, 0.4) is 0 Å². The Morgan fingerprint density at radius 2 is 1.93 bits per heavy atom. The van der Waals surface area contributed by atoms with Crippen LogP contribution in [0.15, 0.2) is 48.5 Å². The molecular formula is C21H18F2N4OS. The van der Waals surface area contributed by atoms with Gasteiger partial charge >= 0.3 is 0 Å². The molecule has 0 N–H and O–H groups in total. The zero-order valence-electron chi connectivity index (χ0n) is 15.9. The van der Waals surface area contributed by atoms with E-state index in [-0.39, 0.29) is 18.0 Å². The summed E-state index contributed by atoms with van der Waals surface area (Å²) in [5.41, 5.74) is 2.10. The molecule has 8 heteroatoms. The van der Waals surface area contributed by atoms with E-state index in [0.717, 1.165) is 28.7 Å². The molecule has 0 atom stereocenters. The van der Waals surface area contributed by atoms with Crippen LogP contribution in [0, 0.1) is 18.6 Å². The molecule has 148 valence electrons. The van der Waals surface area contributed by atoms with E-state index in [1.54, 1.807) is 10.7 Å². The first-order valence-corrected chi connectivity index (χ1v) is 9.93. The maximum atomic E-state index is 14.2. The Kier molecular flexibility index (Phi) is 5.10. The Bertz CT molecular complexity index is 1190. The van der Waals surface area contributed by atoms with Gasteiger partial charge in [-0.3, -0.25) is 14.4 Å². The maximum Gasteiger partial charge on any atom is 0.278 e. The molecule has 4 rings (SSSR count). The van der Waals surface area contributed by atoms with E-state index in [1.165, 1.54) is 11.0 Å². The van der Waals surface area contributed by atoms with Crippen LogP contribution in [-0.2, 0) is 13.1 Å². The summed E-state index contributed by atoms with van der Waals surface area (Å²) in [6, 6.07) is 13.2. The van der Waals surface area contributed by atoms with Crippen LogP contribution in [0.4, 0.5) is 13.9 Å². The minimum atomic E-state index is -0.746. The lowest BCUT2D eigenvalue weighted by Gasteiger charge is -2.20. The molecule has 0 radical (unpaired) electrons. The summed E-state index contributed by atoms with van der Waals surface area (Å²) in [6.07, 6.45) is 0. The number of thiazole rings is 1. The second-order valence-electron chi connectivity index (χ2n) is 6.59. The summed E-state index contributed by atoms with van der Waals surface area (Å²) >= 11 is 1.08. The third kappa shape index (κ3) is 3.75. The lowest BCUT2D eigenvalue weighted by molar-refractivity contribution is 0.0975. The van der Waals surface area contributed by atoms with Crippen molar-refractivity contribution in [2.75, 3.05) is 4.90 Å². The molecule has 0 unspecified atom stereocenters. The van der Waals surface area contributed by atoms with Gasteiger partial charge in [-0.1, -0.05) is 41.7 Å². The van der Waals surface area contributed by atoms with Gasteiger partial charge < -0.3 is 0 Å². The number of hydrogen-bond acceptors (Lipinski definition) is 4. The number of aromatic nitrogens is 3. The molecule has 29 heavy (non-hydrogen) atoms. The van der Waals surface area contributed by atoms with Gasteiger partial charge in [-0.25, -0.2) is 13.8 Å².